The standard InChI is InChI=1S/C23H27NO/c1-3-16-25-23-15-14-18-10-8-9-13-20(18)21(23)17-24-22(4-2)19-11-6-5-7-12-19/h5-15,22,24H,3-4,16-17H2,1-2H3. The Bertz CT molecular complexity index is 798. The minimum atomic E-state index is 0.346. The van der Waals surface area contributed by atoms with Gasteiger partial charge in [0.25, 0.3) is 0 Å². The largest absolute Gasteiger partial charge is 0.493 e. The van der Waals surface area contributed by atoms with E-state index in [4.69, 9.17) is 4.74 Å². The first-order valence-electron chi connectivity index (χ1n) is 9.25. The van der Waals surface area contributed by atoms with Crippen LogP contribution in [0.4, 0.5) is 0 Å². The molecule has 0 spiro atoms. The van der Waals surface area contributed by atoms with E-state index in [0.29, 0.717) is 6.04 Å². The molecule has 3 rings (SSSR count). The van der Waals surface area contributed by atoms with Gasteiger partial charge in [0.1, 0.15) is 5.75 Å². The molecule has 0 radical (unpaired) electrons. The van der Waals surface area contributed by atoms with Gasteiger partial charge in [0.15, 0.2) is 0 Å². The van der Waals surface area contributed by atoms with E-state index in [9.17, 15) is 0 Å². The molecule has 0 saturated carbocycles. The lowest BCUT2D eigenvalue weighted by molar-refractivity contribution is 0.313. The summed E-state index contributed by atoms with van der Waals surface area (Å²) in [5.74, 6) is 0.996. The molecule has 0 aromatic heterocycles. The second-order valence-electron chi connectivity index (χ2n) is 6.36. The van der Waals surface area contributed by atoms with Crippen LogP contribution in [0.3, 0.4) is 0 Å². The second kappa shape index (κ2) is 8.68. The zero-order chi connectivity index (χ0) is 17.5. The Morgan fingerprint density at radius 1 is 0.880 bits per heavy atom. The van der Waals surface area contributed by atoms with E-state index in [1.807, 2.05) is 0 Å². The highest BCUT2D eigenvalue weighted by Gasteiger charge is 2.13. The van der Waals surface area contributed by atoms with Crippen molar-refractivity contribution in [3.05, 3.63) is 77.9 Å². The lowest BCUT2D eigenvalue weighted by Gasteiger charge is -2.20. The van der Waals surface area contributed by atoms with Crippen molar-refractivity contribution in [1.82, 2.24) is 5.32 Å². The first-order valence-corrected chi connectivity index (χ1v) is 9.25. The van der Waals surface area contributed by atoms with E-state index in [-0.39, 0.29) is 0 Å². The van der Waals surface area contributed by atoms with Gasteiger partial charge in [0.2, 0.25) is 0 Å². The summed E-state index contributed by atoms with van der Waals surface area (Å²) in [4.78, 5) is 0. The molecule has 1 atom stereocenters. The fourth-order valence-electron chi connectivity index (χ4n) is 3.25. The Morgan fingerprint density at radius 2 is 1.64 bits per heavy atom. The third kappa shape index (κ3) is 4.21. The summed E-state index contributed by atoms with van der Waals surface area (Å²) in [5.41, 5.74) is 2.59. The highest BCUT2D eigenvalue weighted by atomic mass is 16.5. The molecule has 2 heteroatoms. The van der Waals surface area contributed by atoms with Crippen LogP contribution >= 0.6 is 0 Å². The third-order valence-electron chi connectivity index (χ3n) is 4.59. The average Bonchev–Trinajstić information content (AvgIpc) is 2.68. The Balaban J connectivity index is 1.88. The van der Waals surface area contributed by atoms with E-state index < -0.39 is 0 Å². The van der Waals surface area contributed by atoms with Gasteiger partial charge in [0, 0.05) is 18.2 Å². The highest BCUT2D eigenvalue weighted by Crippen LogP contribution is 2.29. The van der Waals surface area contributed by atoms with Crippen LogP contribution in [0.15, 0.2) is 66.7 Å². The van der Waals surface area contributed by atoms with E-state index in [0.717, 1.165) is 31.7 Å². The van der Waals surface area contributed by atoms with Crippen molar-refractivity contribution in [3.8, 4) is 5.75 Å². The molecular weight excluding hydrogens is 306 g/mol. The lowest BCUT2D eigenvalue weighted by Crippen LogP contribution is -2.21. The fourth-order valence-corrected chi connectivity index (χ4v) is 3.25. The van der Waals surface area contributed by atoms with Crippen molar-refractivity contribution in [1.29, 1.82) is 0 Å². The molecule has 0 bridgehead atoms. The van der Waals surface area contributed by atoms with E-state index >= 15 is 0 Å². The number of rotatable bonds is 8. The molecule has 1 N–H and O–H groups in total. The quantitative estimate of drug-likeness (QED) is 0.556. The Labute approximate surface area is 150 Å². The number of fused-ring (bicyclic) bond motifs is 1. The molecule has 0 amide bonds. The minimum Gasteiger partial charge on any atom is -0.493 e. The summed E-state index contributed by atoms with van der Waals surface area (Å²) in [6.45, 7) is 5.92. The average molecular weight is 333 g/mol. The zero-order valence-electron chi connectivity index (χ0n) is 15.2. The molecular formula is C23H27NO. The first-order chi connectivity index (χ1) is 12.3. The van der Waals surface area contributed by atoms with E-state index in [1.165, 1.54) is 21.9 Å². The van der Waals surface area contributed by atoms with Crippen LogP contribution in [0.5, 0.6) is 5.75 Å². The van der Waals surface area contributed by atoms with Gasteiger partial charge in [-0.05, 0) is 35.2 Å². The lowest BCUT2D eigenvalue weighted by atomic mass is 10.0. The van der Waals surface area contributed by atoms with Gasteiger partial charge in [-0.3, -0.25) is 0 Å². The maximum atomic E-state index is 6.03. The van der Waals surface area contributed by atoms with Gasteiger partial charge in [0.05, 0.1) is 6.61 Å². The van der Waals surface area contributed by atoms with E-state index in [2.05, 4.69) is 85.9 Å². The summed E-state index contributed by atoms with van der Waals surface area (Å²) >= 11 is 0. The van der Waals surface area contributed by atoms with Gasteiger partial charge >= 0.3 is 0 Å². The smallest absolute Gasteiger partial charge is 0.124 e. The van der Waals surface area contributed by atoms with Gasteiger partial charge < -0.3 is 10.1 Å². The van der Waals surface area contributed by atoms with Gasteiger partial charge in [-0.15, -0.1) is 0 Å². The molecule has 0 fully saturated rings. The summed E-state index contributed by atoms with van der Waals surface area (Å²) in [7, 11) is 0. The summed E-state index contributed by atoms with van der Waals surface area (Å²) in [6.07, 6.45) is 2.07. The van der Waals surface area contributed by atoms with Crippen LogP contribution < -0.4 is 10.1 Å². The van der Waals surface area contributed by atoms with Crippen molar-refractivity contribution < 1.29 is 4.74 Å². The number of hydrogen-bond donors (Lipinski definition) is 1. The van der Waals surface area contributed by atoms with Crippen LogP contribution in [0.1, 0.15) is 43.9 Å². The van der Waals surface area contributed by atoms with Crippen molar-refractivity contribution in [2.75, 3.05) is 6.61 Å². The maximum absolute atomic E-state index is 6.03. The second-order valence-corrected chi connectivity index (χ2v) is 6.36. The molecule has 0 aliphatic heterocycles. The predicted molar refractivity (Wildman–Crippen MR) is 106 cm³/mol. The van der Waals surface area contributed by atoms with Crippen molar-refractivity contribution in [2.45, 2.75) is 39.3 Å². The molecule has 25 heavy (non-hydrogen) atoms. The van der Waals surface area contributed by atoms with Crippen LogP contribution in [0.2, 0.25) is 0 Å². The normalized spacial score (nSPS) is 12.2. The van der Waals surface area contributed by atoms with Gasteiger partial charge in [-0.2, -0.15) is 0 Å². The summed E-state index contributed by atoms with van der Waals surface area (Å²) in [6, 6.07) is 23.8. The van der Waals surface area contributed by atoms with Crippen molar-refractivity contribution in [3.63, 3.8) is 0 Å². The third-order valence-corrected chi connectivity index (χ3v) is 4.59. The number of ether oxygens (including phenoxy) is 1. The molecule has 1 unspecified atom stereocenters. The first kappa shape index (κ1) is 17.5. The van der Waals surface area contributed by atoms with Crippen LogP contribution in [-0.4, -0.2) is 6.61 Å². The topological polar surface area (TPSA) is 21.3 Å². The number of nitrogens with one attached hydrogen (secondary N) is 1. The molecule has 0 aliphatic rings. The van der Waals surface area contributed by atoms with Gasteiger partial charge in [-0.1, -0.05) is 74.5 Å². The van der Waals surface area contributed by atoms with Crippen LogP contribution in [0.25, 0.3) is 10.8 Å². The van der Waals surface area contributed by atoms with Gasteiger partial charge in [-0.25, -0.2) is 0 Å². The van der Waals surface area contributed by atoms with Crippen molar-refractivity contribution in [2.24, 2.45) is 0 Å². The summed E-state index contributed by atoms with van der Waals surface area (Å²) < 4.78 is 6.03. The predicted octanol–water partition coefficient (Wildman–Crippen LogP) is 5.87. The zero-order valence-corrected chi connectivity index (χ0v) is 15.2. The molecule has 0 heterocycles. The summed E-state index contributed by atoms with van der Waals surface area (Å²) in [5, 5.41) is 6.26. The van der Waals surface area contributed by atoms with E-state index in [1.54, 1.807) is 0 Å². The van der Waals surface area contributed by atoms with Crippen molar-refractivity contribution >= 4 is 10.8 Å². The molecule has 0 aliphatic carbocycles. The SMILES string of the molecule is CCCOc1ccc2ccccc2c1CNC(CC)c1ccccc1. The molecule has 2 nitrogen and oxygen atoms in total. The molecule has 3 aromatic rings. The minimum absolute atomic E-state index is 0.346. The maximum Gasteiger partial charge on any atom is 0.124 e. The number of hydrogen-bond acceptors (Lipinski definition) is 2. The molecule has 3 aromatic carbocycles. The number of benzene rings is 3. The molecule has 0 saturated heterocycles. The fraction of sp³-hybridized carbons (Fsp3) is 0.304. The monoisotopic (exact) mass is 333 g/mol. The Hall–Kier alpha value is -2.32. The molecule has 130 valence electrons. The van der Waals surface area contributed by atoms with Crippen LogP contribution in [-0.2, 0) is 6.54 Å². The Kier molecular flexibility index (Phi) is 6.08. The highest BCUT2D eigenvalue weighted by molar-refractivity contribution is 5.87. The van der Waals surface area contributed by atoms with Crippen LogP contribution in [0, 0.1) is 0 Å². The Morgan fingerprint density at radius 3 is 2.40 bits per heavy atom.